The Bertz CT molecular complexity index is 515. The summed E-state index contributed by atoms with van der Waals surface area (Å²) in [6.07, 6.45) is -0.673. The Balaban J connectivity index is 4.39. The number of carbonyl (C=O) groups excluding carboxylic acids is 2. The first-order valence-electron chi connectivity index (χ1n) is 6.96. The third kappa shape index (κ3) is 9.64. The van der Waals surface area contributed by atoms with E-state index >= 15 is 0 Å². The molecule has 0 aromatic heterocycles. The van der Waals surface area contributed by atoms with E-state index in [9.17, 15) is 14.9 Å². The molecule has 0 saturated carbocycles. The number of rotatable bonds is 8. The standard InChI is InChI=1S/C15H21NO4S3/c1-6-22-14(21)23-15(5,9-16)8-7-12(17)19-11(4)20-13(18)10(2)3/h11H,2,6-8H2,1,3-5H3. The lowest BCUT2D eigenvalue weighted by Gasteiger charge is -2.21. The van der Waals surface area contributed by atoms with Gasteiger partial charge in [-0.3, -0.25) is 4.79 Å². The lowest BCUT2D eigenvalue weighted by Crippen LogP contribution is -2.25. The summed E-state index contributed by atoms with van der Waals surface area (Å²) in [5, 5.41) is 9.31. The molecule has 0 aliphatic heterocycles. The zero-order valence-electron chi connectivity index (χ0n) is 13.7. The molecule has 0 aliphatic rings. The molecule has 0 N–H and O–H groups in total. The van der Waals surface area contributed by atoms with Crippen LogP contribution in [0.3, 0.4) is 0 Å². The first-order valence-corrected chi connectivity index (χ1v) is 9.17. The van der Waals surface area contributed by atoms with Crippen molar-refractivity contribution in [1.82, 2.24) is 0 Å². The van der Waals surface area contributed by atoms with E-state index in [4.69, 9.17) is 21.7 Å². The number of thioether (sulfide) groups is 2. The average Bonchev–Trinajstić information content (AvgIpc) is 2.45. The van der Waals surface area contributed by atoms with Gasteiger partial charge in [0, 0.05) is 18.9 Å². The van der Waals surface area contributed by atoms with Crippen molar-refractivity contribution in [2.75, 3.05) is 5.75 Å². The third-order valence-corrected chi connectivity index (χ3v) is 5.18. The van der Waals surface area contributed by atoms with Gasteiger partial charge in [0.15, 0.2) is 0 Å². The topological polar surface area (TPSA) is 76.4 Å². The van der Waals surface area contributed by atoms with Crippen molar-refractivity contribution >= 4 is 51.2 Å². The molecule has 0 amide bonds. The molecule has 0 aliphatic carbocycles. The molecule has 8 heteroatoms. The van der Waals surface area contributed by atoms with Gasteiger partial charge in [0.1, 0.15) is 8.28 Å². The lowest BCUT2D eigenvalue weighted by molar-refractivity contribution is -0.181. The molecule has 0 radical (unpaired) electrons. The number of carbonyl (C=O) groups is 2. The quantitative estimate of drug-likeness (QED) is 0.274. The maximum absolute atomic E-state index is 11.8. The largest absolute Gasteiger partial charge is 0.425 e. The second-order valence-electron chi connectivity index (χ2n) is 4.87. The molecule has 0 rings (SSSR count). The molecule has 2 unspecified atom stereocenters. The first kappa shape index (κ1) is 22.0. The van der Waals surface area contributed by atoms with Crippen molar-refractivity contribution in [3.8, 4) is 6.07 Å². The summed E-state index contributed by atoms with van der Waals surface area (Å²) >= 11 is 7.95. The molecule has 0 spiro atoms. The van der Waals surface area contributed by atoms with Crippen LogP contribution in [0.25, 0.3) is 0 Å². The van der Waals surface area contributed by atoms with Crippen LogP contribution in [0.4, 0.5) is 0 Å². The lowest BCUT2D eigenvalue weighted by atomic mass is 10.1. The zero-order valence-corrected chi connectivity index (χ0v) is 16.2. The number of ether oxygens (including phenoxy) is 2. The molecule has 0 fully saturated rings. The monoisotopic (exact) mass is 375 g/mol. The Morgan fingerprint density at radius 2 is 2.04 bits per heavy atom. The predicted molar refractivity (Wildman–Crippen MR) is 98.0 cm³/mol. The normalized spacial score (nSPS) is 14.0. The predicted octanol–water partition coefficient (Wildman–Crippen LogP) is 3.83. The van der Waals surface area contributed by atoms with Gasteiger partial charge in [0.05, 0.1) is 6.07 Å². The summed E-state index contributed by atoms with van der Waals surface area (Å²) in [7, 11) is 0. The van der Waals surface area contributed by atoms with Gasteiger partial charge in [-0.2, -0.15) is 5.26 Å². The number of nitriles is 1. The Labute approximate surface area is 151 Å². The minimum atomic E-state index is -0.996. The summed E-state index contributed by atoms with van der Waals surface area (Å²) in [6.45, 7) is 10.1. The van der Waals surface area contributed by atoms with Crippen molar-refractivity contribution in [3.05, 3.63) is 12.2 Å². The smallest absolute Gasteiger partial charge is 0.336 e. The van der Waals surface area contributed by atoms with Crippen LogP contribution in [0.15, 0.2) is 12.2 Å². The molecule has 23 heavy (non-hydrogen) atoms. The van der Waals surface area contributed by atoms with Crippen LogP contribution >= 0.6 is 35.7 Å². The van der Waals surface area contributed by atoms with Crippen molar-refractivity contribution in [1.29, 1.82) is 5.26 Å². The third-order valence-electron chi connectivity index (χ3n) is 2.53. The molecule has 0 aromatic rings. The second kappa shape index (κ2) is 10.7. The van der Waals surface area contributed by atoms with Crippen LogP contribution in [-0.2, 0) is 19.1 Å². The van der Waals surface area contributed by atoms with Crippen LogP contribution < -0.4 is 0 Å². The minimum absolute atomic E-state index is 0.0332. The van der Waals surface area contributed by atoms with E-state index in [0.717, 1.165) is 5.75 Å². The molecule has 128 valence electrons. The Morgan fingerprint density at radius 3 is 2.52 bits per heavy atom. The van der Waals surface area contributed by atoms with E-state index in [1.165, 1.54) is 37.4 Å². The molecule has 2 atom stereocenters. The van der Waals surface area contributed by atoms with Gasteiger partial charge in [-0.15, -0.1) is 11.8 Å². The SMILES string of the molecule is C=C(C)C(=O)OC(C)OC(=O)CCC(C)(C#N)SC(=S)SCC. The zero-order chi connectivity index (χ0) is 18.0. The van der Waals surface area contributed by atoms with E-state index in [-0.39, 0.29) is 12.0 Å². The van der Waals surface area contributed by atoms with Crippen LogP contribution in [0.5, 0.6) is 0 Å². The van der Waals surface area contributed by atoms with Gasteiger partial charge in [0.25, 0.3) is 0 Å². The Morgan fingerprint density at radius 1 is 1.43 bits per heavy atom. The van der Waals surface area contributed by atoms with E-state index in [0.29, 0.717) is 9.95 Å². The van der Waals surface area contributed by atoms with Crippen molar-refractivity contribution in [3.63, 3.8) is 0 Å². The number of nitrogens with zero attached hydrogens (tertiary/aromatic N) is 1. The molecule has 0 saturated heterocycles. The van der Waals surface area contributed by atoms with Crippen LogP contribution in [-0.4, -0.2) is 32.3 Å². The molecule has 0 aromatic carbocycles. The van der Waals surface area contributed by atoms with Crippen LogP contribution in [0.2, 0.25) is 0 Å². The molecule has 5 nitrogen and oxygen atoms in total. The van der Waals surface area contributed by atoms with E-state index in [2.05, 4.69) is 12.6 Å². The average molecular weight is 376 g/mol. The second-order valence-corrected chi connectivity index (χ2v) is 8.84. The molecule has 0 heterocycles. The van der Waals surface area contributed by atoms with E-state index in [1.54, 1.807) is 6.92 Å². The molecule has 0 bridgehead atoms. The van der Waals surface area contributed by atoms with Crippen LogP contribution in [0, 0.1) is 11.3 Å². The van der Waals surface area contributed by atoms with Gasteiger partial charge < -0.3 is 9.47 Å². The highest BCUT2D eigenvalue weighted by Gasteiger charge is 2.28. The Hall–Kier alpha value is -1.04. The first-order chi connectivity index (χ1) is 10.6. The fourth-order valence-electron chi connectivity index (χ4n) is 1.32. The van der Waals surface area contributed by atoms with Crippen LogP contribution in [0.1, 0.15) is 40.5 Å². The maximum atomic E-state index is 11.8. The van der Waals surface area contributed by atoms with Crippen molar-refractivity contribution in [2.24, 2.45) is 0 Å². The van der Waals surface area contributed by atoms with Gasteiger partial charge in [-0.05, 0) is 26.0 Å². The highest BCUT2D eigenvalue weighted by Crippen LogP contribution is 2.34. The Kier molecular flexibility index (Phi) is 10.2. The highest BCUT2D eigenvalue weighted by molar-refractivity contribution is 8.47. The highest BCUT2D eigenvalue weighted by atomic mass is 32.2. The van der Waals surface area contributed by atoms with Gasteiger partial charge in [0.2, 0.25) is 6.29 Å². The van der Waals surface area contributed by atoms with Crippen molar-refractivity contribution < 1.29 is 19.1 Å². The summed E-state index contributed by atoms with van der Waals surface area (Å²) in [6, 6.07) is 2.18. The summed E-state index contributed by atoms with van der Waals surface area (Å²) in [5.74, 6) is -0.325. The number of hydrogen-bond acceptors (Lipinski definition) is 8. The number of esters is 2. The van der Waals surface area contributed by atoms with E-state index in [1.807, 2.05) is 6.92 Å². The maximum Gasteiger partial charge on any atom is 0.336 e. The van der Waals surface area contributed by atoms with Gasteiger partial charge in [-0.25, -0.2) is 4.79 Å². The fourth-order valence-corrected chi connectivity index (χ4v) is 4.22. The summed E-state index contributed by atoms with van der Waals surface area (Å²) in [5.41, 5.74) is 0.225. The number of hydrogen-bond donors (Lipinski definition) is 0. The number of thiocarbonyl (C=S) groups is 1. The van der Waals surface area contributed by atoms with Crippen molar-refractivity contribution in [2.45, 2.75) is 51.6 Å². The molecular weight excluding hydrogens is 354 g/mol. The fraction of sp³-hybridized carbons (Fsp3) is 0.600. The molecular formula is C15H21NO4S3. The van der Waals surface area contributed by atoms with E-state index < -0.39 is 23.0 Å². The van der Waals surface area contributed by atoms with Gasteiger partial charge >= 0.3 is 11.9 Å². The van der Waals surface area contributed by atoms with Gasteiger partial charge in [-0.1, -0.05) is 37.5 Å². The summed E-state index contributed by atoms with van der Waals surface area (Å²) < 4.78 is 9.72. The minimum Gasteiger partial charge on any atom is -0.425 e. The summed E-state index contributed by atoms with van der Waals surface area (Å²) in [4.78, 5) is 23.1.